The standard InChI is InChI=1S/C23H26N4O5/c1-15-25-26(23(29)18-14-20-17(27(15)18)9-12-32-20)11-4-5-22(28)24-10-8-16-6-7-19(30-2)21(13-16)31-3/h6-7,9,12-14H,4-5,8,10-11H2,1-3H3,(H,24,28). The number of furan rings is 1. The maximum Gasteiger partial charge on any atom is 0.291 e. The average Bonchev–Trinajstić information content (AvgIpc) is 3.38. The van der Waals surface area contributed by atoms with Crippen molar-refractivity contribution in [1.29, 1.82) is 0 Å². The van der Waals surface area contributed by atoms with Crippen LogP contribution in [-0.4, -0.2) is 40.9 Å². The van der Waals surface area contributed by atoms with E-state index in [0.717, 1.165) is 11.1 Å². The molecule has 168 valence electrons. The first-order valence-corrected chi connectivity index (χ1v) is 10.5. The molecule has 0 spiro atoms. The highest BCUT2D eigenvalue weighted by atomic mass is 16.5. The van der Waals surface area contributed by atoms with Crippen molar-refractivity contribution < 1.29 is 18.7 Å². The van der Waals surface area contributed by atoms with Crippen LogP contribution < -0.4 is 20.3 Å². The minimum absolute atomic E-state index is 0.0588. The SMILES string of the molecule is COc1ccc(CCNC(=O)CCCn2nc(C)n3c(cc4occc43)c2=O)cc1OC. The van der Waals surface area contributed by atoms with Gasteiger partial charge in [-0.1, -0.05) is 6.07 Å². The molecular weight excluding hydrogens is 412 g/mol. The van der Waals surface area contributed by atoms with Gasteiger partial charge in [-0.05, 0) is 37.5 Å². The van der Waals surface area contributed by atoms with Gasteiger partial charge in [0.2, 0.25) is 5.91 Å². The minimum Gasteiger partial charge on any atom is -0.493 e. The Kier molecular flexibility index (Phi) is 6.16. The molecule has 4 aromatic rings. The number of rotatable bonds is 9. The van der Waals surface area contributed by atoms with Gasteiger partial charge in [-0.25, -0.2) is 4.68 Å². The van der Waals surface area contributed by atoms with Crippen LogP contribution in [0.15, 0.2) is 45.8 Å². The quantitative estimate of drug-likeness (QED) is 0.431. The van der Waals surface area contributed by atoms with Crippen LogP contribution in [0.3, 0.4) is 0 Å². The molecule has 0 unspecified atom stereocenters. The Morgan fingerprint density at radius 1 is 1.12 bits per heavy atom. The number of amides is 1. The van der Waals surface area contributed by atoms with Crippen LogP contribution in [0.5, 0.6) is 11.5 Å². The molecule has 0 atom stereocenters. The molecule has 9 nitrogen and oxygen atoms in total. The van der Waals surface area contributed by atoms with Crippen molar-refractivity contribution >= 4 is 22.5 Å². The lowest BCUT2D eigenvalue weighted by Crippen LogP contribution is -2.28. The molecule has 0 bridgehead atoms. The zero-order valence-corrected chi connectivity index (χ0v) is 18.4. The third-order valence-corrected chi connectivity index (χ3v) is 5.42. The van der Waals surface area contributed by atoms with E-state index in [4.69, 9.17) is 13.9 Å². The zero-order chi connectivity index (χ0) is 22.7. The summed E-state index contributed by atoms with van der Waals surface area (Å²) in [5.41, 5.74) is 2.84. The number of carbonyl (C=O) groups is 1. The average molecular weight is 438 g/mol. The van der Waals surface area contributed by atoms with Crippen molar-refractivity contribution in [2.75, 3.05) is 20.8 Å². The second-order valence-corrected chi connectivity index (χ2v) is 7.50. The predicted octanol–water partition coefficient (Wildman–Crippen LogP) is 2.71. The number of nitrogens with one attached hydrogen (secondary N) is 1. The van der Waals surface area contributed by atoms with Crippen LogP contribution >= 0.6 is 0 Å². The highest BCUT2D eigenvalue weighted by Gasteiger charge is 2.14. The van der Waals surface area contributed by atoms with Gasteiger partial charge in [0.1, 0.15) is 11.3 Å². The fraction of sp³-hybridized carbons (Fsp3) is 0.348. The van der Waals surface area contributed by atoms with Gasteiger partial charge in [0, 0.05) is 31.6 Å². The summed E-state index contributed by atoms with van der Waals surface area (Å²) in [6.45, 7) is 2.73. The maximum absolute atomic E-state index is 12.8. The fourth-order valence-corrected chi connectivity index (χ4v) is 3.84. The Morgan fingerprint density at radius 3 is 2.72 bits per heavy atom. The molecule has 0 aliphatic carbocycles. The van der Waals surface area contributed by atoms with E-state index in [1.54, 1.807) is 30.9 Å². The van der Waals surface area contributed by atoms with Gasteiger partial charge >= 0.3 is 0 Å². The molecule has 32 heavy (non-hydrogen) atoms. The molecule has 0 aliphatic heterocycles. The van der Waals surface area contributed by atoms with E-state index in [1.165, 1.54) is 4.68 Å². The molecule has 1 N–H and O–H groups in total. The van der Waals surface area contributed by atoms with Gasteiger partial charge in [0.05, 0.1) is 26.0 Å². The van der Waals surface area contributed by atoms with Gasteiger partial charge in [-0.3, -0.25) is 14.0 Å². The first-order valence-electron chi connectivity index (χ1n) is 10.5. The van der Waals surface area contributed by atoms with Crippen molar-refractivity contribution in [3.05, 3.63) is 58.3 Å². The number of benzene rings is 1. The summed E-state index contributed by atoms with van der Waals surface area (Å²) in [5, 5.41) is 7.32. The van der Waals surface area contributed by atoms with Crippen molar-refractivity contribution in [2.45, 2.75) is 32.7 Å². The van der Waals surface area contributed by atoms with Gasteiger partial charge in [-0.15, -0.1) is 0 Å². The summed E-state index contributed by atoms with van der Waals surface area (Å²) in [6, 6.07) is 9.24. The zero-order valence-electron chi connectivity index (χ0n) is 18.4. The normalized spacial score (nSPS) is 11.2. The van der Waals surface area contributed by atoms with E-state index in [2.05, 4.69) is 10.4 Å². The minimum atomic E-state index is -0.198. The second kappa shape index (κ2) is 9.17. The van der Waals surface area contributed by atoms with Gasteiger partial charge in [0.15, 0.2) is 17.1 Å². The smallest absolute Gasteiger partial charge is 0.291 e. The van der Waals surface area contributed by atoms with Gasteiger partial charge < -0.3 is 19.2 Å². The number of hydrogen-bond donors (Lipinski definition) is 1. The Balaban J connectivity index is 1.30. The molecule has 3 aromatic heterocycles. The maximum atomic E-state index is 12.8. The van der Waals surface area contributed by atoms with Gasteiger partial charge in [-0.2, -0.15) is 5.10 Å². The number of aromatic nitrogens is 3. The van der Waals surface area contributed by atoms with Crippen molar-refractivity contribution in [3.63, 3.8) is 0 Å². The molecular formula is C23H26N4O5. The summed E-state index contributed by atoms with van der Waals surface area (Å²) in [4.78, 5) is 25.0. The first kappa shape index (κ1) is 21.5. The van der Waals surface area contributed by atoms with Crippen LogP contribution in [0.1, 0.15) is 24.2 Å². The van der Waals surface area contributed by atoms with E-state index in [9.17, 15) is 9.59 Å². The largest absolute Gasteiger partial charge is 0.493 e. The molecule has 4 rings (SSSR count). The number of nitrogens with zero attached hydrogens (tertiary/aromatic N) is 3. The number of ether oxygens (including phenoxy) is 2. The number of hydrogen-bond acceptors (Lipinski definition) is 6. The van der Waals surface area contributed by atoms with Crippen molar-refractivity contribution in [1.82, 2.24) is 19.5 Å². The summed E-state index contributed by atoms with van der Waals surface area (Å²) in [5.74, 6) is 1.97. The molecule has 0 saturated carbocycles. The van der Waals surface area contributed by atoms with Crippen molar-refractivity contribution in [2.24, 2.45) is 0 Å². The first-order chi connectivity index (χ1) is 15.5. The second-order valence-electron chi connectivity index (χ2n) is 7.50. The molecule has 0 fully saturated rings. The third-order valence-electron chi connectivity index (χ3n) is 5.42. The summed E-state index contributed by atoms with van der Waals surface area (Å²) >= 11 is 0. The molecule has 0 aliphatic rings. The molecule has 0 radical (unpaired) electrons. The van der Waals surface area contributed by atoms with Crippen LogP contribution in [0.25, 0.3) is 16.6 Å². The third kappa shape index (κ3) is 4.18. The van der Waals surface area contributed by atoms with E-state index < -0.39 is 0 Å². The molecule has 1 aromatic carbocycles. The summed E-state index contributed by atoms with van der Waals surface area (Å²) < 4.78 is 19.1. The molecule has 1 amide bonds. The highest BCUT2D eigenvalue weighted by Crippen LogP contribution is 2.27. The molecule has 9 heteroatoms. The number of fused-ring (bicyclic) bond motifs is 3. The van der Waals surface area contributed by atoms with Crippen LogP contribution in [0, 0.1) is 6.92 Å². The van der Waals surface area contributed by atoms with Crippen LogP contribution in [0.2, 0.25) is 0 Å². The Morgan fingerprint density at radius 2 is 1.94 bits per heavy atom. The van der Waals surface area contributed by atoms with E-state index in [-0.39, 0.29) is 11.5 Å². The fourth-order valence-electron chi connectivity index (χ4n) is 3.84. The Labute approximate surface area is 184 Å². The van der Waals surface area contributed by atoms with E-state index >= 15 is 0 Å². The van der Waals surface area contributed by atoms with E-state index in [1.807, 2.05) is 31.2 Å². The number of carbonyl (C=O) groups excluding carboxylic acids is 1. The molecule has 0 saturated heterocycles. The topological polar surface area (TPSA) is 100 Å². The lowest BCUT2D eigenvalue weighted by atomic mass is 10.1. The monoisotopic (exact) mass is 438 g/mol. The lowest BCUT2D eigenvalue weighted by molar-refractivity contribution is -0.121. The van der Waals surface area contributed by atoms with Gasteiger partial charge in [0.25, 0.3) is 5.56 Å². The predicted molar refractivity (Wildman–Crippen MR) is 119 cm³/mol. The van der Waals surface area contributed by atoms with Crippen LogP contribution in [-0.2, 0) is 17.8 Å². The lowest BCUT2D eigenvalue weighted by Gasteiger charge is -2.10. The number of methoxy groups -OCH3 is 2. The highest BCUT2D eigenvalue weighted by molar-refractivity contribution is 5.82. The summed E-state index contributed by atoms with van der Waals surface area (Å²) in [7, 11) is 3.19. The Hall–Kier alpha value is -3.75. The van der Waals surface area contributed by atoms with Crippen LogP contribution in [0.4, 0.5) is 0 Å². The van der Waals surface area contributed by atoms with Crippen molar-refractivity contribution in [3.8, 4) is 11.5 Å². The van der Waals surface area contributed by atoms with E-state index in [0.29, 0.717) is 60.8 Å². The Bertz CT molecular complexity index is 1320. The number of aryl methyl sites for hydroxylation is 2. The molecule has 3 heterocycles. The summed E-state index contributed by atoms with van der Waals surface area (Å²) in [6.07, 6.45) is 3.10.